The van der Waals surface area contributed by atoms with E-state index in [2.05, 4.69) is 39.7 Å². The second kappa shape index (κ2) is 10.2. The molecule has 170 valence electrons. The Bertz CT molecular complexity index is 1360. The van der Waals surface area contributed by atoms with Crippen LogP contribution in [0, 0.1) is 0 Å². The molecule has 0 amide bonds. The van der Waals surface area contributed by atoms with Gasteiger partial charge in [-0.25, -0.2) is 4.98 Å². The van der Waals surface area contributed by atoms with Gasteiger partial charge in [-0.3, -0.25) is 14.6 Å². The summed E-state index contributed by atoms with van der Waals surface area (Å²) in [5.74, 6) is 0.648. The lowest BCUT2D eigenvalue weighted by atomic mass is 10.00. The maximum atomic E-state index is 13.6. The lowest BCUT2D eigenvalue weighted by Gasteiger charge is -2.33. The molecule has 1 atom stereocenters. The van der Waals surface area contributed by atoms with E-state index in [0.29, 0.717) is 23.6 Å². The Kier molecular flexibility index (Phi) is 6.47. The molecule has 34 heavy (non-hydrogen) atoms. The van der Waals surface area contributed by atoms with Gasteiger partial charge in [0.15, 0.2) is 0 Å². The molecule has 4 aromatic rings. The van der Waals surface area contributed by atoms with E-state index in [0.717, 1.165) is 24.9 Å². The van der Waals surface area contributed by atoms with Crippen molar-refractivity contribution < 1.29 is 0 Å². The van der Waals surface area contributed by atoms with Crippen molar-refractivity contribution in [1.29, 1.82) is 0 Å². The Labute approximate surface area is 198 Å². The summed E-state index contributed by atoms with van der Waals surface area (Å²) in [7, 11) is 0. The molecule has 0 aliphatic heterocycles. The number of nitrogens with zero attached hydrogens (tertiary/aromatic N) is 4. The van der Waals surface area contributed by atoms with E-state index in [-0.39, 0.29) is 11.6 Å². The van der Waals surface area contributed by atoms with E-state index < -0.39 is 0 Å². The van der Waals surface area contributed by atoms with Gasteiger partial charge in [0.05, 0.1) is 11.9 Å². The number of aromatic nitrogens is 2. The summed E-state index contributed by atoms with van der Waals surface area (Å²) in [5, 5.41) is 4.40. The van der Waals surface area contributed by atoms with Crippen molar-refractivity contribution in [2.75, 3.05) is 10.3 Å². The number of pyridine rings is 1. The average molecular weight is 450 g/mol. The zero-order valence-electron chi connectivity index (χ0n) is 18.9. The van der Waals surface area contributed by atoms with Gasteiger partial charge in [0.2, 0.25) is 0 Å². The molecule has 1 aliphatic rings. The number of fused-ring (bicyclic) bond motifs is 1. The standard InChI is InChI=1S/C28H27N5O/c34-28-25(20-29-31-23-14-6-2-7-15-23)27(30-26-18-10-11-19-32(26)28)33(24-16-8-3-9-17-24)21-22-12-4-1-5-13-22/h1-2,4-8,10-16,18-20,24,31H,3,9,17,21H2/b29-20-. The van der Waals surface area contributed by atoms with Crippen LogP contribution < -0.4 is 15.9 Å². The smallest absolute Gasteiger partial charge is 0.268 e. The van der Waals surface area contributed by atoms with Crippen LogP contribution >= 0.6 is 0 Å². The molecule has 6 heteroatoms. The number of allylic oxidation sites excluding steroid dienone is 1. The van der Waals surface area contributed by atoms with Crippen LogP contribution in [0.3, 0.4) is 0 Å². The molecule has 1 aliphatic carbocycles. The number of hydrogen-bond acceptors (Lipinski definition) is 5. The first-order valence-electron chi connectivity index (χ1n) is 11.6. The fourth-order valence-electron chi connectivity index (χ4n) is 4.29. The van der Waals surface area contributed by atoms with Crippen LogP contribution in [-0.4, -0.2) is 21.6 Å². The van der Waals surface area contributed by atoms with Crippen molar-refractivity contribution >= 4 is 23.4 Å². The summed E-state index contributed by atoms with van der Waals surface area (Å²) in [4.78, 5) is 20.8. The van der Waals surface area contributed by atoms with E-state index in [1.54, 1.807) is 16.8 Å². The predicted octanol–water partition coefficient (Wildman–Crippen LogP) is 5.26. The van der Waals surface area contributed by atoms with Crippen molar-refractivity contribution in [2.45, 2.75) is 31.8 Å². The molecule has 0 bridgehead atoms. The Morgan fingerprint density at radius 3 is 2.56 bits per heavy atom. The van der Waals surface area contributed by atoms with Gasteiger partial charge in [-0.1, -0.05) is 66.7 Å². The monoisotopic (exact) mass is 449 g/mol. The molecule has 0 saturated carbocycles. The Morgan fingerprint density at radius 1 is 1.03 bits per heavy atom. The van der Waals surface area contributed by atoms with Crippen LogP contribution in [0.5, 0.6) is 0 Å². The first-order valence-corrected chi connectivity index (χ1v) is 11.6. The van der Waals surface area contributed by atoms with Crippen molar-refractivity contribution in [2.24, 2.45) is 5.10 Å². The maximum absolute atomic E-state index is 13.6. The van der Waals surface area contributed by atoms with Crippen LogP contribution in [0.4, 0.5) is 11.5 Å². The number of anilines is 2. The van der Waals surface area contributed by atoms with Crippen LogP contribution in [0.15, 0.2) is 107 Å². The van der Waals surface area contributed by atoms with E-state index in [9.17, 15) is 4.79 Å². The van der Waals surface area contributed by atoms with Crippen LogP contribution in [-0.2, 0) is 6.54 Å². The molecule has 0 saturated heterocycles. The molecule has 1 unspecified atom stereocenters. The number of benzene rings is 2. The van der Waals surface area contributed by atoms with Gasteiger partial charge in [-0.05, 0) is 49.1 Å². The van der Waals surface area contributed by atoms with Gasteiger partial charge in [-0.2, -0.15) is 5.10 Å². The normalized spacial score (nSPS) is 15.6. The van der Waals surface area contributed by atoms with Gasteiger partial charge < -0.3 is 4.90 Å². The van der Waals surface area contributed by atoms with Crippen LogP contribution in [0.1, 0.15) is 30.4 Å². The Hall–Kier alpha value is -4.19. The molecule has 2 heterocycles. The highest BCUT2D eigenvalue weighted by Crippen LogP contribution is 2.26. The summed E-state index contributed by atoms with van der Waals surface area (Å²) < 4.78 is 1.57. The number of nitrogens with one attached hydrogen (secondary N) is 1. The van der Waals surface area contributed by atoms with Crippen LogP contribution in [0.25, 0.3) is 5.65 Å². The molecular formula is C28H27N5O. The highest BCUT2D eigenvalue weighted by atomic mass is 16.1. The summed E-state index contributed by atoms with van der Waals surface area (Å²) >= 11 is 0. The SMILES string of the molecule is O=c1c(/C=N\Nc2ccccc2)c(N(Cc2ccccc2)C2C=CCCC2)nc2ccccn12. The van der Waals surface area contributed by atoms with Crippen molar-refractivity contribution in [3.63, 3.8) is 0 Å². The zero-order chi connectivity index (χ0) is 23.2. The van der Waals surface area contributed by atoms with Gasteiger partial charge >= 0.3 is 0 Å². The second-order valence-corrected chi connectivity index (χ2v) is 8.36. The van der Waals surface area contributed by atoms with E-state index in [1.165, 1.54) is 5.56 Å². The first-order chi connectivity index (χ1) is 16.8. The first kappa shape index (κ1) is 21.6. The maximum Gasteiger partial charge on any atom is 0.268 e. The lowest BCUT2D eigenvalue weighted by molar-refractivity contribution is 0.580. The molecule has 2 aromatic heterocycles. The second-order valence-electron chi connectivity index (χ2n) is 8.36. The minimum atomic E-state index is -0.142. The quantitative estimate of drug-likeness (QED) is 0.238. The lowest BCUT2D eigenvalue weighted by Crippen LogP contribution is -2.38. The van der Waals surface area contributed by atoms with Gasteiger partial charge in [0.25, 0.3) is 5.56 Å². The third-order valence-corrected chi connectivity index (χ3v) is 6.01. The number of rotatable bonds is 7. The molecule has 5 rings (SSSR count). The molecule has 0 spiro atoms. The molecule has 6 nitrogen and oxygen atoms in total. The minimum absolute atomic E-state index is 0.142. The van der Waals surface area contributed by atoms with Crippen molar-refractivity contribution in [3.8, 4) is 0 Å². The molecule has 0 fully saturated rings. The fraction of sp³-hybridized carbons (Fsp3) is 0.179. The molecule has 1 N–H and O–H groups in total. The topological polar surface area (TPSA) is 62.0 Å². The number of hydrogen-bond donors (Lipinski definition) is 1. The van der Waals surface area contributed by atoms with Crippen molar-refractivity contribution in [1.82, 2.24) is 9.38 Å². The van der Waals surface area contributed by atoms with Crippen molar-refractivity contribution in [3.05, 3.63) is 119 Å². The summed E-state index contributed by atoms with van der Waals surface area (Å²) in [6.45, 7) is 0.651. The highest BCUT2D eigenvalue weighted by molar-refractivity contribution is 5.87. The summed E-state index contributed by atoms with van der Waals surface area (Å²) in [6.07, 6.45) is 11.0. The summed E-state index contributed by atoms with van der Waals surface area (Å²) in [5.41, 5.74) is 5.98. The van der Waals surface area contributed by atoms with Gasteiger partial charge in [0.1, 0.15) is 17.0 Å². The summed E-state index contributed by atoms with van der Waals surface area (Å²) in [6, 6.07) is 25.8. The van der Waals surface area contributed by atoms with Gasteiger partial charge in [-0.15, -0.1) is 0 Å². The molecule has 0 radical (unpaired) electrons. The third-order valence-electron chi connectivity index (χ3n) is 6.01. The number of para-hydroxylation sites is 1. The van der Waals surface area contributed by atoms with E-state index in [1.807, 2.05) is 66.7 Å². The fourth-order valence-corrected chi connectivity index (χ4v) is 4.29. The third kappa shape index (κ3) is 4.76. The largest absolute Gasteiger partial charge is 0.345 e. The molecule has 2 aromatic carbocycles. The average Bonchev–Trinajstić information content (AvgIpc) is 2.90. The minimum Gasteiger partial charge on any atom is -0.345 e. The van der Waals surface area contributed by atoms with Gasteiger partial charge in [0, 0.05) is 18.8 Å². The zero-order valence-corrected chi connectivity index (χ0v) is 18.9. The van der Waals surface area contributed by atoms with Crippen LogP contribution in [0.2, 0.25) is 0 Å². The number of hydrazone groups is 1. The van der Waals surface area contributed by atoms with E-state index in [4.69, 9.17) is 4.98 Å². The van der Waals surface area contributed by atoms with E-state index >= 15 is 0 Å². The Balaban J connectivity index is 1.62. The highest BCUT2D eigenvalue weighted by Gasteiger charge is 2.24. The molecular weight excluding hydrogens is 422 g/mol. The predicted molar refractivity (Wildman–Crippen MR) is 139 cm³/mol. The Morgan fingerprint density at radius 2 is 1.79 bits per heavy atom.